The first-order valence-corrected chi connectivity index (χ1v) is 12.9. The Morgan fingerprint density at radius 3 is 2.13 bits per heavy atom. The highest BCUT2D eigenvalue weighted by atomic mass is 35.5. The molecule has 0 unspecified atom stereocenters. The summed E-state index contributed by atoms with van der Waals surface area (Å²) in [7, 11) is 4.60. The molecule has 3 aromatic carbocycles. The smallest absolute Gasteiger partial charge is 0.250 e. The predicted octanol–water partition coefficient (Wildman–Crippen LogP) is 5.51. The van der Waals surface area contributed by atoms with E-state index < -0.39 is 0 Å². The van der Waals surface area contributed by atoms with Crippen molar-refractivity contribution in [2.24, 2.45) is 5.10 Å². The number of ether oxygens (including phenoxy) is 3. The molecule has 1 amide bonds. The van der Waals surface area contributed by atoms with Gasteiger partial charge in [0.25, 0.3) is 5.91 Å². The van der Waals surface area contributed by atoms with Gasteiger partial charge in [-0.25, -0.2) is 5.43 Å². The first-order chi connectivity index (χ1) is 18.4. The van der Waals surface area contributed by atoms with E-state index in [-0.39, 0.29) is 11.7 Å². The predicted molar refractivity (Wildman–Crippen MR) is 149 cm³/mol. The maximum Gasteiger partial charge on any atom is 0.250 e. The standard InChI is InChI=1S/C26H23Cl2N5O4S/c1-35-20-12-22(36-2)21(23(13-20)37-3)14-29-30-24(34)15-38-26-32-31-25(16-4-6-17(27)7-5-16)33(26)19-10-8-18(28)9-11-19/h4-14H,15H2,1-3H3,(H,30,34)/b29-14-. The van der Waals surface area contributed by atoms with Gasteiger partial charge in [0.2, 0.25) is 0 Å². The van der Waals surface area contributed by atoms with Crippen molar-refractivity contribution < 1.29 is 19.0 Å². The number of hydrogen-bond donors (Lipinski definition) is 1. The Balaban J connectivity index is 1.51. The number of carbonyl (C=O) groups is 1. The molecule has 0 atom stereocenters. The first kappa shape index (κ1) is 27.3. The van der Waals surface area contributed by atoms with E-state index in [1.807, 2.05) is 28.8 Å². The number of amides is 1. The summed E-state index contributed by atoms with van der Waals surface area (Å²) in [5.41, 5.74) is 4.69. The van der Waals surface area contributed by atoms with Crippen LogP contribution in [0.4, 0.5) is 0 Å². The fourth-order valence-corrected chi connectivity index (χ4v) is 4.46. The number of hydrazone groups is 1. The minimum atomic E-state index is -0.337. The Labute approximate surface area is 233 Å². The van der Waals surface area contributed by atoms with Gasteiger partial charge in [-0.15, -0.1) is 10.2 Å². The number of aromatic nitrogens is 3. The summed E-state index contributed by atoms with van der Waals surface area (Å²) in [5.74, 6) is 1.85. The molecule has 1 aromatic heterocycles. The SMILES string of the molecule is COc1cc(OC)c(/C=N\NC(=O)CSc2nnc(-c3ccc(Cl)cc3)n2-c2ccc(Cl)cc2)c(OC)c1. The third-order valence-electron chi connectivity index (χ3n) is 5.29. The van der Waals surface area contributed by atoms with Gasteiger partial charge >= 0.3 is 0 Å². The second-order valence-electron chi connectivity index (χ2n) is 7.65. The van der Waals surface area contributed by atoms with Crippen LogP contribution in [0.3, 0.4) is 0 Å². The van der Waals surface area contributed by atoms with Crippen LogP contribution in [-0.2, 0) is 4.79 Å². The number of nitrogens with one attached hydrogen (secondary N) is 1. The molecule has 0 aliphatic carbocycles. The number of halogens is 2. The van der Waals surface area contributed by atoms with Gasteiger partial charge in [0.05, 0.1) is 38.9 Å². The van der Waals surface area contributed by atoms with E-state index in [1.54, 1.807) is 43.5 Å². The Morgan fingerprint density at radius 2 is 1.55 bits per heavy atom. The number of benzene rings is 3. The van der Waals surface area contributed by atoms with E-state index in [9.17, 15) is 4.79 Å². The summed E-state index contributed by atoms with van der Waals surface area (Å²) < 4.78 is 17.9. The Morgan fingerprint density at radius 1 is 0.947 bits per heavy atom. The Kier molecular flexibility index (Phi) is 9.11. The normalized spacial score (nSPS) is 11.0. The minimum absolute atomic E-state index is 0.0422. The third-order valence-corrected chi connectivity index (χ3v) is 6.72. The summed E-state index contributed by atoms with van der Waals surface area (Å²) in [6, 6.07) is 17.9. The lowest BCUT2D eigenvalue weighted by molar-refractivity contribution is -0.118. The lowest BCUT2D eigenvalue weighted by Crippen LogP contribution is -2.20. The number of methoxy groups -OCH3 is 3. The number of thioether (sulfide) groups is 1. The van der Waals surface area contributed by atoms with Gasteiger partial charge in [0.1, 0.15) is 17.2 Å². The number of nitrogens with zero attached hydrogens (tertiary/aromatic N) is 4. The topological polar surface area (TPSA) is 99.9 Å². The van der Waals surface area contributed by atoms with Crippen molar-refractivity contribution in [3.63, 3.8) is 0 Å². The zero-order valence-electron chi connectivity index (χ0n) is 20.6. The highest BCUT2D eigenvalue weighted by molar-refractivity contribution is 7.99. The highest BCUT2D eigenvalue weighted by Crippen LogP contribution is 2.33. The van der Waals surface area contributed by atoms with Crippen molar-refractivity contribution in [1.82, 2.24) is 20.2 Å². The van der Waals surface area contributed by atoms with Crippen LogP contribution in [-0.4, -0.2) is 54.0 Å². The van der Waals surface area contributed by atoms with E-state index in [0.717, 1.165) is 11.3 Å². The molecule has 0 saturated carbocycles. The molecule has 1 N–H and O–H groups in total. The summed E-state index contributed by atoms with van der Waals surface area (Å²) >= 11 is 13.4. The molecule has 0 aliphatic heterocycles. The third kappa shape index (κ3) is 6.39. The molecule has 9 nitrogen and oxygen atoms in total. The average molecular weight is 572 g/mol. The molecule has 4 aromatic rings. The fraction of sp³-hybridized carbons (Fsp3) is 0.154. The van der Waals surface area contributed by atoms with Crippen LogP contribution < -0.4 is 19.6 Å². The first-order valence-electron chi connectivity index (χ1n) is 11.2. The lowest BCUT2D eigenvalue weighted by atomic mass is 10.2. The molecule has 0 saturated heterocycles. The van der Waals surface area contributed by atoms with Crippen LogP contribution in [0.5, 0.6) is 17.2 Å². The van der Waals surface area contributed by atoms with Crippen LogP contribution >= 0.6 is 35.0 Å². The van der Waals surface area contributed by atoms with Gasteiger partial charge in [-0.1, -0.05) is 35.0 Å². The Hall–Kier alpha value is -3.73. The van der Waals surface area contributed by atoms with Crippen LogP contribution in [0.15, 0.2) is 70.9 Å². The van der Waals surface area contributed by atoms with Crippen molar-refractivity contribution >= 4 is 47.1 Å². The lowest BCUT2D eigenvalue weighted by Gasteiger charge is -2.12. The molecule has 4 rings (SSSR count). The molecule has 196 valence electrons. The molecule has 0 bridgehead atoms. The van der Waals surface area contributed by atoms with Crippen molar-refractivity contribution in [3.05, 3.63) is 76.3 Å². The molecule has 38 heavy (non-hydrogen) atoms. The zero-order valence-corrected chi connectivity index (χ0v) is 23.0. The van der Waals surface area contributed by atoms with Crippen LogP contribution in [0, 0.1) is 0 Å². The molecule has 0 aliphatic rings. The van der Waals surface area contributed by atoms with E-state index in [4.69, 9.17) is 37.4 Å². The monoisotopic (exact) mass is 571 g/mol. The van der Waals surface area contributed by atoms with Gasteiger partial charge in [0.15, 0.2) is 11.0 Å². The molecular weight excluding hydrogens is 549 g/mol. The molecular formula is C26H23Cl2N5O4S. The average Bonchev–Trinajstić information content (AvgIpc) is 3.36. The van der Waals surface area contributed by atoms with Crippen molar-refractivity contribution in [3.8, 4) is 34.3 Å². The molecule has 0 radical (unpaired) electrons. The number of carbonyl (C=O) groups excluding carboxylic acids is 1. The van der Waals surface area contributed by atoms with Crippen LogP contribution in [0.25, 0.3) is 17.1 Å². The van der Waals surface area contributed by atoms with Crippen molar-refractivity contribution in [2.45, 2.75) is 5.16 Å². The summed E-state index contributed by atoms with van der Waals surface area (Å²) in [6.07, 6.45) is 1.45. The molecule has 0 fully saturated rings. The fourth-order valence-electron chi connectivity index (χ4n) is 3.46. The number of hydrogen-bond acceptors (Lipinski definition) is 8. The summed E-state index contributed by atoms with van der Waals surface area (Å²) in [4.78, 5) is 12.6. The van der Waals surface area contributed by atoms with Crippen molar-refractivity contribution in [2.75, 3.05) is 27.1 Å². The van der Waals surface area contributed by atoms with Gasteiger partial charge in [-0.3, -0.25) is 9.36 Å². The molecule has 1 heterocycles. The second kappa shape index (κ2) is 12.7. The Bertz CT molecular complexity index is 1420. The van der Waals surface area contributed by atoms with E-state index in [2.05, 4.69) is 20.7 Å². The van der Waals surface area contributed by atoms with Gasteiger partial charge < -0.3 is 14.2 Å². The van der Waals surface area contributed by atoms with Crippen molar-refractivity contribution in [1.29, 1.82) is 0 Å². The van der Waals surface area contributed by atoms with Crippen LogP contribution in [0.1, 0.15) is 5.56 Å². The maximum atomic E-state index is 12.6. The quantitative estimate of drug-likeness (QED) is 0.152. The zero-order chi connectivity index (χ0) is 27.1. The molecule has 0 spiro atoms. The summed E-state index contributed by atoms with van der Waals surface area (Å²) in [5, 5.41) is 14.5. The summed E-state index contributed by atoms with van der Waals surface area (Å²) in [6.45, 7) is 0. The highest BCUT2D eigenvalue weighted by Gasteiger charge is 2.18. The molecule has 12 heteroatoms. The van der Waals surface area contributed by atoms with Crippen LogP contribution in [0.2, 0.25) is 10.0 Å². The van der Waals surface area contributed by atoms with E-state index >= 15 is 0 Å². The van der Waals surface area contributed by atoms with Gasteiger partial charge in [-0.05, 0) is 48.5 Å². The van der Waals surface area contributed by atoms with E-state index in [0.29, 0.717) is 43.8 Å². The maximum absolute atomic E-state index is 12.6. The largest absolute Gasteiger partial charge is 0.496 e. The minimum Gasteiger partial charge on any atom is -0.496 e. The van der Waals surface area contributed by atoms with E-state index in [1.165, 1.54) is 32.2 Å². The second-order valence-corrected chi connectivity index (χ2v) is 9.47. The van der Waals surface area contributed by atoms with Gasteiger partial charge in [0, 0.05) is 33.4 Å². The number of rotatable bonds is 10. The van der Waals surface area contributed by atoms with Gasteiger partial charge in [-0.2, -0.15) is 5.10 Å².